The van der Waals surface area contributed by atoms with E-state index in [-0.39, 0.29) is 12.0 Å². The van der Waals surface area contributed by atoms with Crippen LogP contribution in [0.4, 0.5) is 0 Å². The van der Waals surface area contributed by atoms with E-state index in [1.54, 1.807) is 0 Å². The lowest BCUT2D eigenvalue weighted by atomic mass is 9.79. The van der Waals surface area contributed by atoms with E-state index in [9.17, 15) is 9.90 Å². The fraction of sp³-hybridized carbons (Fsp3) is 0.889. The summed E-state index contributed by atoms with van der Waals surface area (Å²) in [5.74, 6) is 0.934. The molecule has 62 valence electrons. The van der Waals surface area contributed by atoms with Gasteiger partial charge in [0, 0.05) is 12.3 Å². The molecule has 0 spiro atoms. The number of hydrogen-bond acceptors (Lipinski definition) is 2. The van der Waals surface area contributed by atoms with Crippen molar-refractivity contribution in [3.8, 4) is 0 Å². The predicted octanol–water partition coefficient (Wildman–Crippen LogP) is 1.13. The van der Waals surface area contributed by atoms with Gasteiger partial charge in [-0.25, -0.2) is 0 Å². The largest absolute Gasteiger partial charge is 0.393 e. The first kappa shape index (κ1) is 7.29. The molecule has 0 amide bonds. The Morgan fingerprint density at radius 1 is 1.27 bits per heavy atom. The summed E-state index contributed by atoms with van der Waals surface area (Å²) in [5.41, 5.74) is 0. The summed E-state index contributed by atoms with van der Waals surface area (Å²) >= 11 is 0. The summed E-state index contributed by atoms with van der Waals surface area (Å²) in [6.45, 7) is 0. The maximum absolute atomic E-state index is 11.2. The highest BCUT2D eigenvalue weighted by Crippen LogP contribution is 2.39. The molecule has 3 atom stereocenters. The van der Waals surface area contributed by atoms with Crippen LogP contribution in [-0.4, -0.2) is 17.0 Å². The number of ketones is 1. The van der Waals surface area contributed by atoms with Crippen LogP contribution < -0.4 is 0 Å². The van der Waals surface area contributed by atoms with Crippen LogP contribution in [0.2, 0.25) is 0 Å². The van der Waals surface area contributed by atoms with E-state index in [4.69, 9.17) is 0 Å². The second kappa shape index (κ2) is 2.59. The molecule has 0 aliphatic heterocycles. The first-order valence-electron chi connectivity index (χ1n) is 4.50. The zero-order valence-electron chi connectivity index (χ0n) is 6.62. The Labute approximate surface area is 66.6 Å². The Morgan fingerprint density at radius 2 is 2.09 bits per heavy atom. The van der Waals surface area contributed by atoms with Gasteiger partial charge in [-0.2, -0.15) is 0 Å². The molecule has 1 N–H and O–H groups in total. The number of carbonyl (C=O) groups is 1. The van der Waals surface area contributed by atoms with Crippen LogP contribution in [0.25, 0.3) is 0 Å². The average molecular weight is 154 g/mol. The number of rotatable bonds is 0. The summed E-state index contributed by atoms with van der Waals surface area (Å²) in [5, 5.41) is 9.54. The molecule has 2 fully saturated rings. The van der Waals surface area contributed by atoms with E-state index in [1.807, 2.05) is 0 Å². The van der Waals surface area contributed by atoms with Crippen LogP contribution in [0, 0.1) is 11.8 Å². The maximum atomic E-state index is 11.2. The second-order valence-corrected chi connectivity index (χ2v) is 3.77. The van der Waals surface area contributed by atoms with Gasteiger partial charge in [0.05, 0.1) is 6.10 Å². The minimum atomic E-state index is -0.180. The third kappa shape index (κ3) is 1.09. The van der Waals surface area contributed by atoms with Crippen molar-refractivity contribution in [1.29, 1.82) is 0 Å². The predicted molar refractivity (Wildman–Crippen MR) is 41.1 cm³/mol. The average Bonchev–Trinajstić information content (AvgIpc) is 2.35. The zero-order valence-corrected chi connectivity index (χ0v) is 6.62. The topological polar surface area (TPSA) is 37.3 Å². The molecule has 2 aliphatic rings. The van der Waals surface area contributed by atoms with E-state index >= 15 is 0 Å². The van der Waals surface area contributed by atoms with Gasteiger partial charge >= 0.3 is 0 Å². The molecule has 11 heavy (non-hydrogen) atoms. The van der Waals surface area contributed by atoms with Gasteiger partial charge in [-0.05, 0) is 25.2 Å². The number of aliphatic hydroxyl groups is 1. The van der Waals surface area contributed by atoms with Crippen molar-refractivity contribution < 1.29 is 9.90 Å². The molecular formula is C9H14O2. The molecule has 2 heteroatoms. The Kier molecular flexibility index (Phi) is 1.72. The smallest absolute Gasteiger partial charge is 0.136 e. The van der Waals surface area contributed by atoms with Crippen molar-refractivity contribution >= 4 is 5.78 Å². The molecule has 0 unspecified atom stereocenters. The van der Waals surface area contributed by atoms with Crippen LogP contribution in [0.3, 0.4) is 0 Å². The lowest BCUT2D eigenvalue weighted by Gasteiger charge is -2.28. The molecule has 0 radical (unpaired) electrons. The molecule has 2 rings (SSSR count). The SMILES string of the molecule is O=C1CC[C@H]2[C@@H]1CCC[C@@H]2O. The zero-order chi connectivity index (χ0) is 7.84. The van der Waals surface area contributed by atoms with Crippen molar-refractivity contribution in [1.82, 2.24) is 0 Å². The van der Waals surface area contributed by atoms with E-state index in [1.165, 1.54) is 0 Å². The molecule has 2 aliphatic carbocycles. The van der Waals surface area contributed by atoms with Crippen LogP contribution in [-0.2, 0) is 4.79 Å². The number of carbonyl (C=O) groups excluding carboxylic acids is 1. The van der Waals surface area contributed by atoms with E-state index in [0.717, 1.165) is 25.7 Å². The van der Waals surface area contributed by atoms with Gasteiger partial charge in [-0.1, -0.05) is 6.42 Å². The summed E-state index contributed by atoms with van der Waals surface area (Å²) < 4.78 is 0. The fourth-order valence-corrected chi connectivity index (χ4v) is 2.53. The van der Waals surface area contributed by atoms with Gasteiger partial charge in [0.1, 0.15) is 5.78 Å². The van der Waals surface area contributed by atoms with Gasteiger partial charge in [0.2, 0.25) is 0 Å². The molecule has 0 aromatic carbocycles. The van der Waals surface area contributed by atoms with Crippen molar-refractivity contribution in [2.45, 2.75) is 38.2 Å². The summed E-state index contributed by atoms with van der Waals surface area (Å²) in [6.07, 6.45) is 4.44. The highest BCUT2D eigenvalue weighted by Gasteiger charge is 2.40. The second-order valence-electron chi connectivity index (χ2n) is 3.77. The monoisotopic (exact) mass is 154 g/mol. The minimum absolute atomic E-state index is 0.180. The van der Waals surface area contributed by atoms with Crippen molar-refractivity contribution in [2.75, 3.05) is 0 Å². The van der Waals surface area contributed by atoms with E-state index in [0.29, 0.717) is 18.1 Å². The molecule has 2 saturated carbocycles. The maximum Gasteiger partial charge on any atom is 0.136 e. The Balaban J connectivity index is 2.12. The van der Waals surface area contributed by atoms with E-state index < -0.39 is 0 Å². The number of hydrogen-bond donors (Lipinski definition) is 1. The van der Waals surface area contributed by atoms with Gasteiger partial charge in [0.15, 0.2) is 0 Å². The molecule has 2 nitrogen and oxygen atoms in total. The fourth-order valence-electron chi connectivity index (χ4n) is 2.53. The minimum Gasteiger partial charge on any atom is -0.393 e. The highest BCUT2D eigenvalue weighted by molar-refractivity contribution is 5.83. The molecule has 0 saturated heterocycles. The summed E-state index contributed by atoms with van der Waals surface area (Å²) in [6, 6.07) is 0. The van der Waals surface area contributed by atoms with Crippen molar-refractivity contribution in [3.05, 3.63) is 0 Å². The van der Waals surface area contributed by atoms with Crippen LogP contribution in [0.5, 0.6) is 0 Å². The molecule has 0 heterocycles. The van der Waals surface area contributed by atoms with Crippen LogP contribution >= 0.6 is 0 Å². The van der Waals surface area contributed by atoms with E-state index in [2.05, 4.69) is 0 Å². The number of aliphatic hydroxyl groups excluding tert-OH is 1. The van der Waals surface area contributed by atoms with Crippen molar-refractivity contribution in [2.24, 2.45) is 11.8 Å². The van der Waals surface area contributed by atoms with Gasteiger partial charge < -0.3 is 5.11 Å². The quantitative estimate of drug-likeness (QED) is 0.568. The standard InChI is InChI=1S/C9H14O2/c10-8-3-1-2-6-7(8)4-5-9(6)11/h6-8,10H,1-5H2/t6-,7-,8-/m0/s1. The number of fused-ring (bicyclic) bond motifs is 1. The third-order valence-electron chi connectivity index (χ3n) is 3.16. The lowest BCUT2D eigenvalue weighted by Crippen LogP contribution is -2.30. The summed E-state index contributed by atoms with van der Waals surface area (Å²) in [7, 11) is 0. The Bertz CT molecular complexity index is 176. The Hall–Kier alpha value is -0.370. The first-order valence-corrected chi connectivity index (χ1v) is 4.50. The lowest BCUT2D eigenvalue weighted by molar-refractivity contribution is -0.123. The van der Waals surface area contributed by atoms with Crippen LogP contribution in [0.1, 0.15) is 32.1 Å². The molecule has 0 aromatic heterocycles. The Morgan fingerprint density at radius 3 is 2.82 bits per heavy atom. The molecule has 0 bridgehead atoms. The first-order chi connectivity index (χ1) is 5.29. The van der Waals surface area contributed by atoms with Gasteiger partial charge in [-0.3, -0.25) is 4.79 Å². The van der Waals surface area contributed by atoms with Gasteiger partial charge in [0.25, 0.3) is 0 Å². The third-order valence-corrected chi connectivity index (χ3v) is 3.16. The molecular weight excluding hydrogens is 140 g/mol. The van der Waals surface area contributed by atoms with Crippen molar-refractivity contribution in [3.63, 3.8) is 0 Å². The highest BCUT2D eigenvalue weighted by atomic mass is 16.3. The normalized spacial score (nSPS) is 44.1. The van der Waals surface area contributed by atoms with Gasteiger partial charge in [-0.15, -0.1) is 0 Å². The summed E-state index contributed by atoms with van der Waals surface area (Å²) in [4.78, 5) is 11.2. The number of Topliss-reactive ketones (excluding diaryl/α,β-unsaturated/α-hetero) is 1. The molecule has 0 aromatic rings. The van der Waals surface area contributed by atoms with Crippen LogP contribution in [0.15, 0.2) is 0 Å².